The maximum Gasteiger partial charge on any atom is 0.339 e. The summed E-state index contributed by atoms with van der Waals surface area (Å²) in [5, 5.41) is 9.94. The van der Waals surface area contributed by atoms with Crippen LogP contribution in [0.2, 0.25) is 0 Å². The van der Waals surface area contributed by atoms with Crippen molar-refractivity contribution in [3.05, 3.63) is 35.4 Å². The number of esters is 1. The van der Waals surface area contributed by atoms with E-state index in [1.54, 1.807) is 6.07 Å². The molecule has 1 aromatic carbocycles. The molecule has 0 aliphatic heterocycles. The van der Waals surface area contributed by atoms with Gasteiger partial charge in [-0.05, 0) is 41.7 Å². The van der Waals surface area contributed by atoms with E-state index in [4.69, 9.17) is 0 Å². The quantitative estimate of drug-likeness (QED) is 0.858. The molecule has 0 aromatic heterocycles. The van der Waals surface area contributed by atoms with E-state index in [9.17, 15) is 9.90 Å². The SMILES string of the molecule is COC(=O)C(O)c1cccc(C2CCCC(C)(C)C2)c1. The number of benzene rings is 1. The first-order chi connectivity index (χ1) is 9.43. The molecule has 0 heterocycles. The van der Waals surface area contributed by atoms with Crippen molar-refractivity contribution in [2.75, 3.05) is 7.11 Å². The number of carbonyl (C=O) groups is 1. The zero-order valence-corrected chi connectivity index (χ0v) is 12.6. The fourth-order valence-corrected chi connectivity index (χ4v) is 3.21. The van der Waals surface area contributed by atoms with Crippen molar-refractivity contribution in [3.63, 3.8) is 0 Å². The molecule has 0 spiro atoms. The Balaban J connectivity index is 2.19. The van der Waals surface area contributed by atoms with Gasteiger partial charge in [0.15, 0.2) is 6.10 Å². The van der Waals surface area contributed by atoms with Crippen molar-refractivity contribution >= 4 is 5.97 Å². The number of aliphatic hydroxyl groups excluding tert-OH is 1. The van der Waals surface area contributed by atoms with Gasteiger partial charge in [-0.3, -0.25) is 0 Å². The van der Waals surface area contributed by atoms with E-state index in [1.807, 2.05) is 12.1 Å². The molecule has 0 amide bonds. The van der Waals surface area contributed by atoms with Crippen LogP contribution in [0.15, 0.2) is 24.3 Å². The molecule has 0 radical (unpaired) electrons. The van der Waals surface area contributed by atoms with E-state index >= 15 is 0 Å². The largest absolute Gasteiger partial charge is 0.467 e. The molecule has 1 saturated carbocycles. The van der Waals surface area contributed by atoms with E-state index in [-0.39, 0.29) is 0 Å². The molecule has 2 unspecified atom stereocenters. The lowest BCUT2D eigenvalue weighted by molar-refractivity contribution is -0.150. The van der Waals surface area contributed by atoms with Crippen LogP contribution < -0.4 is 0 Å². The summed E-state index contributed by atoms with van der Waals surface area (Å²) in [5.41, 5.74) is 2.22. The average molecular weight is 276 g/mol. The summed E-state index contributed by atoms with van der Waals surface area (Å²) in [6, 6.07) is 7.74. The van der Waals surface area contributed by atoms with Crippen LogP contribution in [0.3, 0.4) is 0 Å². The first-order valence-electron chi connectivity index (χ1n) is 7.29. The van der Waals surface area contributed by atoms with Gasteiger partial charge in [0.1, 0.15) is 0 Å². The second-order valence-corrected chi connectivity index (χ2v) is 6.55. The van der Waals surface area contributed by atoms with Crippen molar-refractivity contribution in [2.24, 2.45) is 5.41 Å². The van der Waals surface area contributed by atoms with Gasteiger partial charge in [0.2, 0.25) is 0 Å². The van der Waals surface area contributed by atoms with Gasteiger partial charge in [-0.25, -0.2) is 4.79 Å². The number of ether oxygens (including phenoxy) is 1. The Morgan fingerprint density at radius 1 is 1.45 bits per heavy atom. The summed E-state index contributed by atoms with van der Waals surface area (Å²) in [5.74, 6) is -0.0883. The minimum Gasteiger partial charge on any atom is -0.467 e. The molecule has 0 saturated heterocycles. The molecule has 2 atom stereocenters. The first kappa shape index (κ1) is 15.0. The number of hydrogen-bond acceptors (Lipinski definition) is 3. The molecular formula is C17H24O3. The summed E-state index contributed by atoms with van der Waals surface area (Å²) in [7, 11) is 1.29. The fourth-order valence-electron chi connectivity index (χ4n) is 3.21. The molecule has 1 aliphatic carbocycles. The van der Waals surface area contributed by atoms with Gasteiger partial charge in [-0.1, -0.05) is 44.5 Å². The van der Waals surface area contributed by atoms with Gasteiger partial charge in [0, 0.05) is 0 Å². The highest BCUT2D eigenvalue weighted by molar-refractivity contribution is 5.76. The lowest BCUT2D eigenvalue weighted by atomic mass is 9.70. The van der Waals surface area contributed by atoms with Gasteiger partial charge < -0.3 is 9.84 Å². The number of hydrogen-bond donors (Lipinski definition) is 1. The van der Waals surface area contributed by atoms with Crippen molar-refractivity contribution in [1.82, 2.24) is 0 Å². The smallest absolute Gasteiger partial charge is 0.339 e. The Labute approximate surface area is 121 Å². The number of carbonyl (C=O) groups excluding carboxylic acids is 1. The predicted molar refractivity (Wildman–Crippen MR) is 78.4 cm³/mol. The van der Waals surface area contributed by atoms with Crippen LogP contribution in [0, 0.1) is 5.41 Å². The van der Waals surface area contributed by atoms with Crippen LogP contribution in [0.4, 0.5) is 0 Å². The van der Waals surface area contributed by atoms with Gasteiger partial charge in [0.05, 0.1) is 7.11 Å². The molecule has 0 bridgehead atoms. The summed E-state index contributed by atoms with van der Waals surface area (Å²) >= 11 is 0. The minimum absolute atomic E-state index is 0.375. The third kappa shape index (κ3) is 3.40. The fraction of sp³-hybridized carbons (Fsp3) is 0.588. The summed E-state index contributed by atoms with van der Waals surface area (Å²) in [6.45, 7) is 4.62. The Bertz CT molecular complexity index is 479. The highest BCUT2D eigenvalue weighted by Crippen LogP contribution is 2.43. The normalized spacial score (nSPS) is 23.1. The molecule has 20 heavy (non-hydrogen) atoms. The molecule has 2 rings (SSSR count). The maximum atomic E-state index is 11.4. The van der Waals surface area contributed by atoms with E-state index in [1.165, 1.54) is 31.9 Å². The first-order valence-corrected chi connectivity index (χ1v) is 7.29. The van der Waals surface area contributed by atoms with E-state index in [0.29, 0.717) is 16.9 Å². The van der Waals surface area contributed by atoms with Gasteiger partial charge in [-0.2, -0.15) is 0 Å². The van der Waals surface area contributed by atoms with Crippen molar-refractivity contribution in [3.8, 4) is 0 Å². The average Bonchev–Trinajstić information content (AvgIpc) is 2.44. The topological polar surface area (TPSA) is 46.5 Å². The highest BCUT2D eigenvalue weighted by Gasteiger charge is 2.29. The lowest BCUT2D eigenvalue weighted by Crippen LogP contribution is -2.21. The van der Waals surface area contributed by atoms with Crippen LogP contribution in [0.5, 0.6) is 0 Å². The second kappa shape index (κ2) is 5.96. The molecule has 1 aliphatic rings. The summed E-state index contributed by atoms with van der Waals surface area (Å²) in [4.78, 5) is 11.4. The van der Waals surface area contributed by atoms with Crippen LogP contribution in [-0.4, -0.2) is 18.2 Å². The van der Waals surface area contributed by atoms with Gasteiger partial charge in [-0.15, -0.1) is 0 Å². The zero-order valence-electron chi connectivity index (χ0n) is 12.6. The Morgan fingerprint density at radius 3 is 2.85 bits per heavy atom. The molecule has 110 valence electrons. The standard InChI is InChI=1S/C17H24O3/c1-17(2)9-5-8-14(11-17)12-6-4-7-13(10-12)15(18)16(19)20-3/h4,6-7,10,14-15,18H,5,8-9,11H2,1-3H3. The molecule has 3 heteroatoms. The van der Waals surface area contributed by atoms with Crippen LogP contribution >= 0.6 is 0 Å². The van der Waals surface area contributed by atoms with E-state index in [0.717, 1.165) is 6.42 Å². The minimum atomic E-state index is -1.18. The molecule has 1 fully saturated rings. The Hall–Kier alpha value is -1.35. The monoisotopic (exact) mass is 276 g/mol. The number of aliphatic hydroxyl groups is 1. The Morgan fingerprint density at radius 2 is 2.20 bits per heavy atom. The van der Waals surface area contributed by atoms with E-state index < -0.39 is 12.1 Å². The third-order valence-electron chi connectivity index (χ3n) is 4.33. The summed E-state index contributed by atoms with van der Waals surface area (Å²) in [6.07, 6.45) is 3.66. The molecule has 3 nitrogen and oxygen atoms in total. The number of rotatable bonds is 3. The number of methoxy groups -OCH3 is 1. The second-order valence-electron chi connectivity index (χ2n) is 6.55. The van der Waals surface area contributed by atoms with Crippen LogP contribution in [0.25, 0.3) is 0 Å². The zero-order chi connectivity index (χ0) is 14.8. The molecule has 1 aromatic rings. The van der Waals surface area contributed by atoms with Crippen molar-refractivity contribution in [2.45, 2.75) is 51.6 Å². The predicted octanol–water partition coefficient (Wildman–Crippen LogP) is 3.58. The third-order valence-corrected chi connectivity index (χ3v) is 4.33. The molecule has 1 N–H and O–H groups in total. The maximum absolute atomic E-state index is 11.4. The van der Waals surface area contributed by atoms with Crippen molar-refractivity contribution in [1.29, 1.82) is 0 Å². The van der Waals surface area contributed by atoms with Gasteiger partial charge >= 0.3 is 5.97 Å². The van der Waals surface area contributed by atoms with Crippen LogP contribution in [-0.2, 0) is 9.53 Å². The van der Waals surface area contributed by atoms with Gasteiger partial charge in [0.25, 0.3) is 0 Å². The Kier molecular flexibility index (Phi) is 4.48. The highest BCUT2D eigenvalue weighted by atomic mass is 16.5. The lowest BCUT2D eigenvalue weighted by Gasteiger charge is -2.35. The van der Waals surface area contributed by atoms with Crippen LogP contribution in [0.1, 0.15) is 62.7 Å². The van der Waals surface area contributed by atoms with Crippen molar-refractivity contribution < 1.29 is 14.6 Å². The van der Waals surface area contributed by atoms with E-state index in [2.05, 4.69) is 24.7 Å². The summed E-state index contributed by atoms with van der Waals surface area (Å²) < 4.78 is 4.60. The molecular weight excluding hydrogens is 252 g/mol.